The van der Waals surface area contributed by atoms with E-state index in [9.17, 15) is 9.18 Å². The highest BCUT2D eigenvalue weighted by molar-refractivity contribution is 5.97. The van der Waals surface area contributed by atoms with Crippen molar-refractivity contribution in [1.82, 2.24) is 10.2 Å². The van der Waals surface area contributed by atoms with Gasteiger partial charge >= 0.3 is 0 Å². The molecule has 1 heterocycles. The van der Waals surface area contributed by atoms with Crippen LogP contribution in [0.2, 0.25) is 0 Å². The van der Waals surface area contributed by atoms with Crippen LogP contribution < -0.4 is 15.0 Å². The summed E-state index contributed by atoms with van der Waals surface area (Å²) in [5.74, 6) is 1.21. The Hall–Kier alpha value is -3.09. The Morgan fingerprint density at radius 1 is 1.28 bits per heavy atom. The summed E-state index contributed by atoms with van der Waals surface area (Å²) in [6.45, 7) is 4.52. The number of para-hydroxylation sites is 2. The number of benzene rings is 2. The van der Waals surface area contributed by atoms with Gasteiger partial charge in [-0.3, -0.25) is 9.79 Å². The molecule has 2 aromatic carbocycles. The molecular formula is C22H27FN4O2. The number of hydrogen-bond acceptors (Lipinski definition) is 3. The summed E-state index contributed by atoms with van der Waals surface area (Å²) in [7, 11) is 1.92. The van der Waals surface area contributed by atoms with E-state index >= 15 is 0 Å². The molecule has 0 spiro atoms. The molecule has 29 heavy (non-hydrogen) atoms. The number of rotatable bonds is 7. The first-order chi connectivity index (χ1) is 14.1. The highest BCUT2D eigenvalue weighted by Crippen LogP contribution is 2.31. The molecule has 1 amide bonds. The van der Waals surface area contributed by atoms with Crippen molar-refractivity contribution >= 4 is 17.6 Å². The molecule has 1 aliphatic rings. The Morgan fingerprint density at radius 2 is 2.10 bits per heavy atom. The summed E-state index contributed by atoms with van der Waals surface area (Å²) < 4.78 is 18.9. The Labute approximate surface area is 171 Å². The molecule has 0 aromatic heterocycles. The van der Waals surface area contributed by atoms with Gasteiger partial charge in [0.25, 0.3) is 5.91 Å². The first-order valence-electron chi connectivity index (χ1n) is 9.84. The van der Waals surface area contributed by atoms with E-state index in [2.05, 4.69) is 10.3 Å². The normalized spacial score (nSPS) is 13.7. The molecule has 0 unspecified atom stereocenters. The number of fused-ring (bicyclic) bond motifs is 1. The number of carbonyl (C=O) groups is 1. The summed E-state index contributed by atoms with van der Waals surface area (Å²) >= 11 is 0. The SMILES string of the molecule is CCNC(=NCCCN1C(=O)COc2ccccc21)N(C)Cc1cccc(F)c1. The van der Waals surface area contributed by atoms with Gasteiger partial charge in [0.2, 0.25) is 0 Å². The fourth-order valence-corrected chi connectivity index (χ4v) is 3.27. The highest BCUT2D eigenvalue weighted by atomic mass is 19.1. The number of guanidine groups is 1. The van der Waals surface area contributed by atoms with E-state index in [1.165, 1.54) is 12.1 Å². The first-order valence-corrected chi connectivity index (χ1v) is 9.84. The minimum atomic E-state index is -0.242. The third-order valence-electron chi connectivity index (χ3n) is 4.61. The molecule has 0 saturated carbocycles. The van der Waals surface area contributed by atoms with E-state index in [0.29, 0.717) is 19.6 Å². The molecule has 0 fully saturated rings. The van der Waals surface area contributed by atoms with Gasteiger partial charge in [0.05, 0.1) is 5.69 Å². The summed E-state index contributed by atoms with van der Waals surface area (Å²) in [5, 5.41) is 3.26. The van der Waals surface area contributed by atoms with Crippen LogP contribution in [0.5, 0.6) is 5.75 Å². The number of nitrogens with one attached hydrogen (secondary N) is 1. The molecule has 1 aliphatic heterocycles. The van der Waals surface area contributed by atoms with Crippen molar-refractivity contribution in [3.63, 3.8) is 0 Å². The second-order valence-electron chi connectivity index (χ2n) is 6.88. The lowest BCUT2D eigenvalue weighted by atomic mass is 10.2. The number of hydrogen-bond donors (Lipinski definition) is 1. The zero-order valence-electron chi connectivity index (χ0n) is 16.9. The van der Waals surface area contributed by atoms with Crippen LogP contribution in [0.1, 0.15) is 18.9 Å². The maximum absolute atomic E-state index is 13.4. The monoisotopic (exact) mass is 398 g/mol. The van der Waals surface area contributed by atoms with E-state index in [-0.39, 0.29) is 18.3 Å². The van der Waals surface area contributed by atoms with Crippen molar-refractivity contribution in [1.29, 1.82) is 0 Å². The van der Waals surface area contributed by atoms with Crippen LogP contribution in [0.3, 0.4) is 0 Å². The second-order valence-corrected chi connectivity index (χ2v) is 6.88. The van der Waals surface area contributed by atoms with E-state index in [1.807, 2.05) is 49.2 Å². The largest absolute Gasteiger partial charge is 0.482 e. The molecule has 0 saturated heterocycles. The molecule has 154 valence electrons. The zero-order chi connectivity index (χ0) is 20.6. The second kappa shape index (κ2) is 9.91. The number of aliphatic imine (C=N–C) groups is 1. The minimum absolute atomic E-state index is 0.0391. The van der Waals surface area contributed by atoms with Crippen molar-refractivity contribution in [3.05, 3.63) is 59.9 Å². The topological polar surface area (TPSA) is 57.2 Å². The van der Waals surface area contributed by atoms with Crippen LogP contribution in [0, 0.1) is 5.82 Å². The third kappa shape index (κ3) is 5.47. The molecule has 3 rings (SSSR count). The lowest BCUT2D eigenvalue weighted by molar-refractivity contribution is -0.121. The van der Waals surface area contributed by atoms with Gasteiger partial charge in [0, 0.05) is 33.2 Å². The van der Waals surface area contributed by atoms with E-state index in [0.717, 1.165) is 35.9 Å². The predicted octanol–water partition coefficient (Wildman–Crippen LogP) is 3.04. The summed E-state index contributed by atoms with van der Waals surface area (Å²) in [4.78, 5) is 20.6. The number of amides is 1. The number of ether oxygens (including phenoxy) is 1. The van der Waals surface area contributed by atoms with Crippen molar-refractivity contribution in [2.45, 2.75) is 19.9 Å². The lowest BCUT2D eigenvalue weighted by Crippen LogP contribution is -2.40. The van der Waals surface area contributed by atoms with Crippen molar-refractivity contribution in [2.24, 2.45) is 4.99 Å². The fraction of sp³-hybridized carbons (Fsp3) is 0.364. The molecule has 0 radical (unpaired) electrons. The third-order valence-corrected chi connectivity index (χ3v) is 4.61. The van der Waals surface area contributed by atoms with Gasteiger partial charge in [-0.1, -0.05) is 24.3 Å². The van der Waals surface area contributed by atoms with Crippen LogP contribution in [-0.2, 0) is 11.3 Å². The fourth-order valence-electron chi connectivity index (χ4n) is 3.27. The zero-order valence-corrected chi connectivity index (χ0v) is 16.9. The van der Waals surface area contributed by atoms with Gasteiger partial charge in [0.15, 0.2) is 12.6 Å². The number of carbonyl (C=O) groups excluding carboxylic acids is 1. The molecule has 0 atom stereocenters. The van der Waals surface area contributed by atoms with Gasteiger partial charge in [-0.2, -0.15) is 0 Å². The maximum Gasteiger partial charge on any atom is 0.265 e. The quantitative estimate of drug-likeness (QED) is 0.443. The van der Waals surface area contributed by atoms with Gasteiger partial charge in [-0.25, -0.2) is 4.39 Å². The van der Waals surface area contributed by atoms with Crippen LogP contribution in [0.4, 0.5) is 10.1 Å². The predicted molar refractivity (Wildman–Crippen MR) is 113 cm³/mol. The van der Waals surface area contributed by atoms with E-state index in [4.69, 9.17) is 4.74 Å². The average molecular weight is 398 g/mol. The summed E-state index contributed by atoms with van der Waals surface area (Å²) in [6.07, 6.45) is 0.725. The van der Waals surface area contributed by atoms with Crippen LogP contribution in [-0.4, -0.2) is 50.1 Å². The molecule has 7 heteroatoms. The Bertz CT molecular complexity index is 871. The number of anilines is 1. The molecule has 6 nitrogen and oxygen atoms in total. The Balaban J connectivity index is 1.58. The highest BCUT2D eigenvalue weighted by Gasteiger charge is 2.24. The molecule has 2 aromatic rings. The van der Waals surface area contributed by atoms with Crippen LogP contribution >= 0.6 is 0 Å². The molecular weight excluding hydrogens is 371 g/mol. The van der Waals surface area contributed by atoms with Gasteiger partial charge in [-0.15, -0.1) is 0 Å². The summed E-state index contributed by atoms with van der Waals surface area (Å²) in [6, 6.07) is 14.1. The Kier molecular flexibility index (Phi) is 7.05. The van der Waals surface area contributed by atoms with Crippen LogP contribution in [0.25, 0.3) is 0 Å². The first kappa shape index (κ1) is 20.6. The smallest absolute Gasteiger partial charge is 0.265 e. The molecule has 0 aliphatic carbocycles. The number of nitrogens with zero attached hydrogens (tertiary/aromatic N) is 3. The standard InChI is InChI=1S/C22H27FN4O2/c1-3-24-22(26(2)15-17-8-6-9-18(23)14-17)25-12-7-13-27-19-10-4-5-11-20(19)29-16-21(27)28/h4-6,8-11,14H,3,7,12-13,15-16H2,1-2H3,(H,24,25). The van der Waals surface area contributed by atoms with Crippen LogP contribution in [0.15, 0.2) is 53.5 Å². The maximum atomic E-state index is 13.4. The van der Waals surface area contributed by atoms with Gasteiger partial charge in [-0.05, 0) is 43.2 Å². The number of halogens is 1. The van der Waals surface area contributed by atoms with Crippen molar-refractivity contribution in [3.8, 4) is 5.75 Å². The van der Waals surface area contributed by atoms with E-state index in [1.54, 1.807) is 11.0 Å². The summed E-state index contributed by atoms with van der Waals surface area (Å²) in [5.41, 5.74) is 1.69. The molecule has 1 N–H and O–H groups in total. The van der Waals surface area contributed by atoms with Gasteiger partial charge < -0.3 is 19.9 Å². The van der Waals surface area contributed by atoms with Crippen molar-refractivity contribution < 1.29 is 13.9 Å². The van der Waals surface area contributed by atoms with E-state index < -0.39 is 0 Å². The van der Waals surface area contributed by atoms with Gasteiger partial charge in [0.1, 0.15) is 11.6 Å². The minimum Gasteiger partial charge on any atom is -0.482 e. The molecule has 0 bridgehead atoms. The average Bonchev–Trinajstić information content (AvgIpc) is 2.71. The Morgan fingerprint density at radius 3 is 2.90 bits per heavy atom. The van der Waals surface area contributed by atoms with Crippen molar-refractivity contribution in [2.75, 3.05) is 38.2 Å². The lowest BCUT2D eigenvalue weighted by Gasteiger charge is -2.29.